The number of hydrogen-bond donors (Lipinski definition) is 2. The molecule has 0 unspecified atom stereocenters. The van der Waals surface area contributed by atoms with Gasteiger partial charge in [0.1, 0.15) is 0 Å². The zero-order valence-electron chi connectivity index (χ0n) is 16.2. The van der Waals surface area contributed by atoms with E-state index in [1.54, 1.807) is 17.1 Å². The molecular weight excluding hydrogens is 366 g/mol. The summed E-state index contributed by atoms with van der Waals surface area (Å²) in [7, 11) is 0. The van der Waals surface area contributed by atoms with Crippen molar-refractivity contribution in [3.63, 3.8) is 0 Å². The monoisotopic (exact) mass is 387 g/mol. The number of hydrogen-bond acceptors (Lipinski definition) is 4. The molecule has 1 aromatic carbocycles. The van der Waals surface area contributed by atoms with Gasteiger partial charge in [0.25, 0.3) is 0 Å². The molecule has 0 saturated heterocycles. The molecule has 2 amide bonds. The number of nitrogens with one attached hydrogen (secondary N) is 2. The third-order valence-electron chi connectivity index (χ3n) is 4.39. The summed E-state index contributed by atoms with van der Waals surface area (Å²) in [6.07, 6.45) is 5.21. The summed E-state index contributed by atoms with van der Waals surface area (Å²) in [5, 5.41) is 14.5. The molecule has 3 heterocycles. The first-order valence-electron chi connectivity index (χ1n) is 9.22. The first-order valence-corrected chi connectivity index (χ1v) is 9.22. The van der Waals surface area contributed by atoms with Crippen molar-refractivity contribution in [2.45, 2.75) is 20.4 Å². The number of aromatic nitrogens is 5. The molecule has 0 bridgehead atoms. The first kappa shape index (κ1) is 18.4. The molecule has 146 valence electrons. The minimum atomic E-state index is -0.295. The Hall–Kier alpha value is -3.94. The summed E-state index contributed by atoms with van der Waals surface area (Å²) in [6, 6.07) is 14.9. The van der Waals surface area contributed by atoms with E-state index in [9.17, 15) is 4.79 Å². The number of rotatable bonds is 5. The summed E-state index contributed by atoms with van der Waals surface area (Å²) in [4.78, 5) is 16.8. The van der Waals surface area contributed by atoms with Gasteiger partial charge in [0, 0.05) is 30.8 Å². The van der Waals surface area contributed by atoms with E-state index in [0.29, 0.717) is 18.1 Å². The number of carbonyl (C=O) groups is 1. The van der Waals surface area contributed by atoms with E-state index in [1.807, 2.05) is 73.3 Å². The second-order valence-electron chi connectivity index (χ2n) is 6.64. The molecule has 8 nitrogen and oxygen atoms in total. The standard InChI is InChI=1S/C21H21N7O/c1-15-12-16(2)28(26-15)19-7-4-3-6-18(19)25-21(29)23-14-17-8-10-22-20(13-17)27-11-5-9-24-27/h3-13H,14H2,1-2H3,(H2,23,25,29). The number of urea groups is 1. The van der Waals surface area contributed by atoms with Crippen LogP contribution in [-0.4, -0.2) is 30.6 Å². The van der Waals surface area contributed by atoms with Gasteiger partial charge in [-0.1, -0.05) is 12.1 Å². The molecule has 0 aliphatic carbocycles. The predicted molar refractivity (Wildman–Crippen MR) is 110 cm³/mol. The minimum Gasteiger partial charge on any atom is -0.334 e. The highest BCUT2D eigenvalue weighted by Crippen LogP contribution is 2.21. The molecular formula is C21H21N7O. The van der Waals surface area contributed by atoms with Gasteiger partial charge in [-0.05, 0) is 55.8 Å². The van der Waals surface area contributed by atoms with E-state index in [1.165, 1.54) is 0 Å². The number of carbonyl (C=O) groups excluding carboxylic acids is 1. The largest absolute Gasteiger partial charge is 0.334 e. The fourth-order valence-electron chi connectivity index (χ4n) is 3.09. The summed E-state index contributed by atoms with van der Waals surface area (Å²) in [5.74, 6) is 0.699. The lowest BCUT2D eigenvalue weighted by molar-refractivity contribution is 0.251. The fourth-order valence-corrected chi connectivity index (χ4v) is 3.09. The van der Waals surface area contributed by atoms with Crippen LogP contribution in [0.5, 0.6) is 0 Å². The number of anilines is 1. The van der Waals surface area contributed by atoms with Crippen LogP contribution in [0.4, 0.5) is 10.5 Å². The molecule has 0 atom stereocenters. The van der Waals surface area contributed by atoms with Gasteiger partial charge >= 0.3 is 6.03 Å². The third kappa shape index (κ3) is 4.16. The average molecular weight is 387 g/mol. The normalized spacial score (nSPS) is 10.7. The average Bonchev–Trinajstić information content (AvgIpc) is 3.37. The lowest BCUT2D eigenvalue weighted by atomic mass is 10.2. The maximum absolute atomic E-state index is 12.5. The number of pyridine rings is 1. The van der Waals surface area contributed by atoms with Crippen LogP contribution in [-0.2, 0) is 6.54 Å². The molecule has 29 heavy (non-hydrogen) atoms. The quantitative estimate of drug-likeness (QED) is 0.549. The first-order chi connectivity index (χ1) is 14.1. The van der Waals surface area contributed by atoms with E-state index < -0.39 is 0 Å². The molecule has 0 fully saturated rings. The van der Waals surface area contributed by atoms with E-state index >= 15 is 0 Å². The van der Waals surface area contributed by atoms with Crippen molar-refractivity contribution in [3.05, 3.63) is 84.1 Å². The van der Waals surface area contributed by atoms with Gasteiger partial charge in [-0.3, -0.25) is 0 Å². The molecule has 0 aliphatic heterocycles. The molecule has 0 spiro atoms. The van der Waals surface area contributed by atoms with E-state index in [2.05, 4.69) is 25.8 Å². The predicted octanol–water partition coefficient (Wildman–Crippen LogP) is 3.39. The van der Waals surface area contributed by atoms with Crippen LogP contribution in [0.3, 0.4) is 0 Å². The van der Waals surface area contributed by atoms with Gasteiger partial charge in [-0.2, -0.15) is 10.2 Å². The molecule has 0 aliphatic rings. The molecule has 8 heteroatoms. The molecule has 2 N–H and O–H groups in total. The summed E-state index contributed by atoms with van der Waals surface area (Å²) >= 11 is 0. The molecule has 0 saturated carbocycles. The lowest BCUT2D eigenvalue weighted by Gasteiger charge is -2.13. The van der Waals surface area contributed by atoms with Crippen LogP contribution >= 0.6 is 0 Å². The van der Waals surface area contributed by atoms with Crippen molar-refractivity contribution in [1.82, 2.24) is 29.9 Å². The van der Waals surface area contributed by atoms with Gasteiger partial charge in [0.2, 0.25) is 0 Å². The van der Waals surface area contributed by atoms with Gasteiger partial charge in [-0.15, -0.1) is 0 Å². The minimum absolute atomic E-state index is 0.295. The summed E-state index contributed by atoms with van der Waals surface area (Å²) < 4.78 is 3.50. The van der Waals surface area contributed by atoms with Crippen LogP contribution in [0.1, 0.15) is 17.0 Å². The van der Waals surface area contributed by atoms with Crippen LogP contribution in [0, 0.1) is 13.8 Å². The van der Waals surface area contributed by atoms with Crippen LogP contribution < -0.4 is 10.6 Å². The fraction of sp³-hybridized carbons (Fsp3) is 0.143. The van der Waals surface area contributed by atoms with E-state index in [0.717, 1.165) is 22.6 Å². The van der Waals surface area contributed by atoms with Crippen LogP contribution in [0.25, 0.3) is 11.5 Å². The van der Waals surface area contributed by atoms with Crippen molar-refractivity contribution < 1.29 is 4.79 Å². The maximum atomic E-state index is 12.5. The van der Waals surface area contributed by atoms with Crippen molar-refractivity contribution in [2.75, 3.05) is 5.32 Å². The smallest absolute Gasteiger partial charge is 0.319 e. The number of benzene rings is 1. The highest BCUT2D eigenvalue weighted by Gasteiger charge is 2.11. The van der Waals surface area contributed by atoms with Gasteiger partial charge in [0.05, 0.1) is 17.1 Å². The Kier molecular flexibility index (Phi) is 5.07. The summed E-state index contributed by atoms with van der Waals surface area (Å²) in [5.41, 5.74) is 4.35. The Morgan fingerprint density at radius 1 is 1.07 bits per heavy atom. The number of amides is 2. The highest BCUT2D eigenvalue weighted by molar-refractivity contribution is 5.91. The zero-order chi connectivity index (χ0) is 20.2. The Balaban J connectivity index is 1.45. The van der Waals surface area contributed by atoms with E-state index in [4.69, 9.17) is 0 Å². The van der Waals surface area contributed by atoms with E-state index in [-0.39, 0.29) is 6.03 Å². The highest BCUT2D eigenvalue weighted by atomic mass is 16.2. The zero-order valence-corrected chi connectivity index (χ0v) is 16.2. The molecule has 3 aromatic heterocycles. The second kappa shape index (κ2) is 7.97. The number of para-hydroxylation sites is 2. The maximum Gasteiger partial charge on any atom is 0.319 e. The molecule has 4 aromatic rings. The van der Waals surface area contributed by atoms with Gasteiger partial charge in [0.15, 0.2) is 5.82 Å². The van der Waals surface area contributed by atoms with Crippen molar-refractivity contribution in [2.24, 2.45) is 0 Å². The van der Waals surface area contributed by atoms with Gasteiger partial charge < -0.3 is 10.6 Å². The van der Waals surface area contributed by atoms with Crippen molar-refractivity contribution >= 4 is 11.7 Å². The van der Waals surface area contributed by atoms with Crippen LogP contribution in [0.2, 0.25) is 0 Å². The number of aryl methyl sites for hydroxylation is 2. The second-order valence-corrected chi connectivity index (χ2v) is 6.64. The SMILES string of the molecule is Cc1cc(C)n(-c2ccccc2NC(=O)NCc2ccnc(-n3cccn3)c2)n1. The topological polar surface area (TPSA) is 89.7 Å². The van der Waals surface area contributed by atoms with Crippen molar-refractivity contribution in [1.29, 1.82) is 0 Å². The Bertz CT molecular complexity index is 1130. The Morgan fingerprint density at radius 2 is 1.93 bits per heavy atom. The molecule has 4 rings (SSSR count). The van der Waals surface area contributed by atoms with Gasteiger partial charge in [-0.25, -0.2) is 19.1 Å². The lowest BCUT2D eigenvalue weighted by Crippen LogP contribution is -2.28. The Labute approximate surface area is 168 Å². The summed E-state index contributed by atoms with van der Waals surface area (Å²) in [6.45, 7) is 4.29. The Morgan fingerprint density at radius 3 is 2.69 bits per heavy atom. The van der Waals surface area contributed by atoms with Crippen molar-refractivity contribution in [3.8, 4) is 11.5 Å². The molecule has 0 radical (unpaired) electrons. The third-order valence-corrected chi connectivity index (χ3v) is 4.39. The number of nitrogens with zero attached hydrogens (tertiary/aromatic N) is 5. The van der Waals surface area contributed by atoms with Crippen LogP contribution in [0.15, 0.2) is 67.1 Å².